The minimum Gasteiger partial charge on any atom is -0.370 e. The topological polar surface area (TPSA) is 105 Å². The summed E-state index contributed by atoms with van der Waals surface area (Å²) in [4.78, 5) is 17.5. The molecule has 0 atom stereocenters. The lowest BCUT2D eigenvalue weighted by Crippen LogP contribution is -2.51. The molecule has 0 unspecified atom stereocenters. The first kappa shape index (κ1) is 22.3. The number of hydrogen-bond donors (Lipinski definition) is 1. The number of hydrogen-bond acceptors (Lipinski definition) is 6. The van der Waals surface area contributed by atoms with Crippen molar-refractivity contribution < 1.29 is 8.42 Å². The summed E-state index contributed by atoms with van der Waals surface area (Å²) < 4.78 is 23.7. The minimum atomic E-state index is -3.18. The summed E-state index contributed by atoms with van der Waals surface area (Å²) in [6.07, 6.45) is 3.48. The lowest BCUT2D eigenvalue weighted by atomic mass is 10.2. The predicted octanol–water partition coefficient (Wildman–Crippen LogP) is 1.53. The normalized spacial score (nSPS) is 15.2. The molecule has 2 heterocycles. The largest absolute Gasteiger partial charge is 0.370 e. The van der Waals surface area contributed by atoms with E-state index >= 15 is 0 Å². The van der Waals surface area contributed by atoms with Gasteiger partial charge in [-0.2, -0.15) is 0 Å². The lowest BCUT2D eigenvalue weighted by Gasteiger charge is -2.35. The van der Waals surface area contributed by atoms with E-state index in [1.54, 1.807) is 49.6 Å². The van der Waals surface area contributed by atoms with Gasteiger partial charge in [0.2, 0.25) is 5.95 Å². The van der Waals surface area contributed by atoms with Gasteiger partial charge in [0.05, 0.1) is 17.2 Å². The molecule has 0 spiro atoms. The van der Waals surface area contributed by atoms with Gasteiger partial charge in [-0.05, 0) is 23.8 Å². The number of benzene rings is 1. The first-order valence-corrected chi connectivity index (χ1v) is 10.5. The number of guanidine groups is 1. The average molecular weight is 516 g/mol. The Morgan fingerprint density at radius 3 is 2.29 bits per heavy atom. The molecule has 10 heteroatoms. The fraction of sp³-hybridized carbons (Fsp3) is 0.389. The summed E-state index contributed by atoms with van der Waals surface area (Å²) in [6.45, 7) is 5.12. The highest BCUT2D eigenvalue weighted by molar-refractivity contribution is 14.0. The van der Waals surface area contributed by atoms with Gasteiger partial charge < -0.3 is 15.5 Å². The predicted molar refractivity (Wildman–Crippen MR) is 121 cm³/mol. The third-order valence-electron chi connectivity index (χ3n) is 4.52. The highest BCUT2D eigenvalue weighted by Crippen LogP contribution is 2.13. The number of halogens is 1. The highest BCUT2D eigenvalue weighted by Gasteiger charge is 2.19. The van der Waals surface area contributed by atoms with Crippen LogP contribution in [0.5, 0.6) is 0 Å². The first-order chi connectivity index (χ1) is 13.0. The second-order valence-corrected chi connectivity index (χ2v) is 8.52. The molecule has 2 aromatic rings. The van der Waals surface area contributed by atoms with E-state index in [-0.39, 0.29) is 29.7 Å². The van der Waals surface area contributed by atoms with Crippen molar-refractivity contribution >= 4 is 45.7 Å². The molecule has 152 valence electrons. The van der Waals surface area contributed by atoms with E-state index in [1.165, 1.54) is 0 Å². The van der Waals surface area contributed by atoms with Crippen LogP contribution in [0.3, 0.4) is 0 Å². The zero-order valence-corrected chi connectivity index (χ0v) is 18.9. The smallest absolute Gasteiger partial charge is 0.225 e. The number of piperazine rings is 1. The second kappa shape index (κ2) is 10.0. The van der Waals surface area contributed by atoms with Crippen molar-refractivity contribution in [1.82, 2.24) is 14.9 Å². The summed E-state index contributed by atoms with van der Waals surface area (Å²) in [5.41, 5.74) is 7.05. The van der Waals surface area contributed by atoms with Crippen LogP contribution in [-0.2, 0) is 16.4 Å². The molecule has 3 rings (SSSR count). The third kappa shape index (κ3) is 5.53. The zero-order valence-electron chi connectivity index (χ0n) is 15.7. The number of nitrogens with zero attached hydrogens (tertiary/aromatic N) is 5. The van der Waals surface area contributed by atoms with Gasteiger partial charge >= 0.3 is 0 Å². The molecule has 0 saturated carbocycles. The SMILES string of the molecule is CCS(=O)(=O)c1ccc(CN=C(N)N2CCN(c3ncccn3)CC2)cc1.I. The first-order valence-electron chi connectivity index (χ1n) is 8.88. The van der Waals surface area contributed by atoms with Gasteiger partial charge in [0.1, 0.15) is 0 Å². The van der Waals surface area contributed by atoms with E-state index in [4.69, 9.17) is 5.73 Å². The van der Waals surface area contributed by atoms with Crippen molar-refractivity contribution in [2.24, 2.45) is 10.7 Å². The van der Waals surface area contributed by atoms with Crippen molar-refractivity contribution in [2.75, 3.05) is 36.8 Å². The molecule has 1 fully saturated rings. The van der Waals surface area contributed by atoms with Crippen LogP contribution in [0.15, 0.2) is 52.6 Å². The molecular weight excluding hydrogens is 491 g/mol. The number of nitrogens with two attached hydrogens (primary N) is 1. The van der Waals surface area contributed by atoms with Crippen molar-refractivity contribution in [2.45, 2.75) is 18.4 Å². The Kier molecular flexibility index (Phi) is 7.98. The van der Waals surface area contributed by atoms with E-state index in [0.717, 1.165) is 37.7 Å². The van der Waals surface area contributed by atoms with Crippen LogP contribution in [0.25, 0.3) is 0 Å². The molecule has 8 nitrogen and oxygen atoms in total. The van der Waals surface area contributed by atoms with Crippen LogP contribution in [0.4, 0.5) is 5.95 Å². The Morgan fingerprint density at radius 1 is 1.11 bits per heavy atom. The standard InChI is InChI=1S/C18H24N6O2S.HI/c1-2-27(25,26)16-6-4-15(5-7-16)14-22-17(19)23-10-12-24(13-11-23)18-20-8-3-9-21-18;/h3-9H,2,10-14H2,1H3,(H2,19,22);1H. The molecule has 0 bridgehead atoms. The van der Waals surface area contributed by atoms with Crippen molar-refractivity contribution in [3.8, 4) is 0 Å². The van der Waals surface area contributed by atoms with Gasteiger partial charge in [-0.3, -0.25) is 0 Å². The van der Waals surface area contributed by atoms with Gasteiger partial charge in [-0.25, -0.2) is 23.4 Å². The Bertz CT molecular complexity index is 882. The summed E-state index contributed by atoms with van der Waals surface area (Å²) in [7, 11) is -3.18. The van der Waals surface area contributed by atoms with Crippen LogP contribution >= 0.6 is 24.0 Å². The van der Waals surface area contributed by atoms with E-state index in [9.17, 15) is 8.42 Å². The monoisotopic (exact) mass is 516 g/mol. The van der Waals surface area contributed by atoms with Crippen molar-refractivity contribution in [3.05, 3.63) is 48.3 Å². The van der Waals surface area contributed by atoms with Crippen LogP contribution < -0.4 is 10.6 Å². The molecule has 0 radical (unpaired) electrons. The molecule has 1 aromatic carbocycles. The summed E-state index contributed by atoms with van der Waals surface area (Å²) in [5, 5.41) is 0. The molecule has 1 saturated heterocycles. The van der Waals surface area contributed by atoms with Gasteiger partial charge in [0.15, 0.2) is 15.8 Å². The van der Waals surface area contributed by atoms with Crippen molar-refractivity contribution in [1.29, 1.82) is 0 Å². The molecule has 0 aliphatic carbocycles. The van der Waals surface area contributed by atoms with Crippen LogP contribution in [-0.4, -0.2) is 61.2 Å². The summed E-state index contributed by atoms with van der Waals surface area (Å²) >= 11 is 0. The molecular formula is C18H25IN6O2S. The van der Waals surface area contributed by atoms with Gasteiger partial charge in [0, 0.05) is 38.6 Å². The third-order valence-corrected chi connectivity index (χ3v) is 6.28. The molecule has 1 aliphatic rings. The summed E-state index contributed by atoms with van der Waals surface area (Å²) in [5.74, 6) is 1.32. The number of rotatable bonds is 5. The lowest BCUT2D eigenvalue weighted by molar-refractivity contribution is 0.378. The van der Waals surface area contributed by atoms with Crippen LogP contribution in [0.1, 0.15) is 12.5 Å². The number of aliphatic imine (C=N–C) groups is 1. The Hall–Kier alpha value is -1.95. The minimum absolute atomic E-state index is 0. The van der Waals surface area contributed by atoms with Crippen molar-refractivity contribution in [3.63, 3.8) is 0 Å². The fourth-order valence-corrected chi connectivity index (χ4v) is 3.72. The van der Waals surface area contributed by atoms with E-state index < -0.39 is 9.84 Å². The molecule has 1 aromatic heterocycles. The second-order valence-electron chi connectivity index (χ2n) is 6.24. The fourth-order valence-electron chi connectivity index (χ4n) is 2.83. The Balaban J connectivity index is 0.00000280. The van der Waals surface area contributed by atoms with Crippen LogP contribution in [0, 0.1) is 0 Å². The van der Waals surface area contributed by atoms with E-state index in [2.05, 4.69) is 19.9 Å². The quantitative estimate of drug-likeness (QED) is 0.365. The van der Waals surface area contributed by atoms with E-state index in [1.807, 2.05) is 4.90 Å². The number of aromatic nitrogens is 2. The van der Waals surface area contributed by atoms with Gasteiger partial charge in [-0.15, -0.1) is 24.0 Å². The van der Waals surface area contributed by atoms with Gasteiger partial charge in [0.25, 0.3) is 0 Å². The Morgan fingerprint density at radius 2 is 1.71 bits per heavy atom. The number of anilines is 1. The molecule has 0 amide bonds. The maximum Gasteiger partial charge on any atom is 0.225 e. The Labute approximate surface area is 182 Å². The van der Waals surface area contributed by atoms with Gasteiger partial charge in [-0.1, -0.05) is 19.1 Å². The highest BCUT2D eigenvalue weighted by atomic mass is 127. The maximum absolute atomic E-state index is 11.8. The molecule has 28 heavy (non-hydrogen) atoms. The van der Waals surface area contributed by atoms with E-state index in [0.29, 0.717) is 17.4 Å². The molecule has 2 N–H and O–H groups in total. The maximum atomic E-state index is 11.8. The van der Waals surface area contributed by atoms with Crippen LogP contribution in [0.2, 0.25) is 0 Å². The molecule has 1 aliphatic heterocycles. The average Bonchev–Trinajstić information content (AvgIpc) is 2.73. The zero-order chi connectivity index (χ0) is 19.3. The number of sulfone groups is 1. The summed E-state index contributed by atoms with van der Waals surface area (Å²) in [6, 6.07) is 8.61.